The minimum Gasteiger partial charge on any atom is -0.271 e. The van der Waals surface area contributed by atoms with Crippen molar-refractivity contribution in [3.63, 3.8) is 0 Å². The van der Waals surface area contributed by atoms with Crippen LogP contribution in [-0.4, -0.2) is 4.98 Å². The molecule has 0 bridgehead atoms. The third-order valence-corrected chi connectivity index (χ3v) is 2.04. The number of nitrogens with one attached hydrogen (secondary N) is 1. The molecule has 4 heteroatoms. The number of halogens is 1. The van der Waals surface area contributed by atoms with Gasteiger partial charge in [0.2, 0.25) is 0 Å². The van der Waals surface area contributed by atoms with E-state index < -0.39 is 0 Å². The third-order valence-electron chi connectivity index (χ3n) is 1.72. The molecule has 1 atom stereocenters. The molecule has 0 spiro atoms. The van der Waals surface area contributed by atoms with E-state index in [9.17, 15) is 0 Å². The lowest BCUT2D eigenvalue weighted by Gasteiger charge is -2.15. The van der Waals surface area contributed by atoms with E-state index in [4.69, 9.17) is 17.4 Å². The summed E-state index contributed by atoms with van der Waals surface area (Å²) in [4.78, 5) is 4.14. The SMILES string of the molecule is C=C(C)C(NN)c1ncccc1Cl. The Bertz CT molecular complexity index is 311. The number of nitrogens with two attached hydrogens (primary N) is 1. The number of hydrogen-bond acceptors (Lipinski definition) is 3. The lowest BCUT2D eigenvalue weighted by atomic mass is 10.1. The topological polar surface area (TPSA) is 50.9 Å². The van der Waals surface area contributed by atoms with Crippen LogP contribution in [-0.2, 0) is 0 Å². The number of aromatic nitrogens is 1. The van der Waals surface area contributed by atoms with Gasteiger partial charge in [-0.1, -0.05) is 23.8 Å². The van der Waals surface area contributed by atoms with E-state index in [2.05, 4.69) is 17.0 Å². The Balaban J connectivity index is 3.04. The van der Waals surface area contributed by atoms with Crippen LogP contribution in [0.5, 0.6) is 0 Å². The van der Waals surface area contributed by atoms with Gasteiger partial charge in [0.1, 0.15) is 0 Å². The van der Waals surface area contributed by atoms with Crippen LogP contribution in [0, 0.1) is 0 Å². The van der Waals surface area contributed by atoms with Gasteiger partial charge in [-0.05, 0) is 19.1 Å². The number of hydrogen-bond donors (Lipinski definition) is 2. The van der Waals surface area contributed by atoms with E-state index >= 15 is 0 Å². The van der Waals surface area contributed by atoms with Crippen LogP contribution in [0.25, 0.3) is 0 Å². The van der Waals surface area contributed by atoms with Gasteiger partial charge in [0.25, 0.3) is 0 Å². The molecule has 3 N–H and O–H groups in total. The van der Waals surface area contributed by atoms with Crippen LogP contribution in [0.3, 0.4) is 0 Å². The van der Waals surface area contributed by atoms with Gasteiger partial charge in [0, 0.05) is 6.20 Å². The quantitative estimate of drug-likeness (QED) is 0.442. The predicted molar refractivity (Wildman–Crippen MR) is 54.1 cm³/mol. The number of rotatable bonds is 3. The number of pyridine rings is 1. The highest BCUT2D eigenvalue weighted by atomic mass is 35.5. The van der Waals surface area contributed by atoms with E-state index in [1.807, 2.05) is 6.92 Å². The summed E-state index contributed by atoms with van der Waals surface area (Å²) in [5, 5.41) is 0.591. The van der Waals surface area contributed by atoms with E-state index in [-0.39, 0.29) is 6.04 Å². The summed E-state index contributed by atoms with van der Waals surface area (Å²) in [7, 11) is 0. The van der Waals surface area contributed by atoms with Crippen LogP contribution in [0.2, 0.25) is 5.02 Å². The minimum atomic E-state index is -0.186. The fourth-order valence-corrected chi connectivity index (χ4v) is 1.30. The zero-order valence-corrected chi connectivity index (χ0v) is 8.17. The predicted octanol–water partition coefficient (Wildman–Crippen LogP) is 1.82. The first kappa shape index (κ1) is 10.2. The molecule has 1 unspecified atom stereocenters. The third kappa shape index (κ3) is 2.28. The molecule has 70 valence electrons. The van der Waals surface area contributed by atoms with Gasteiger partial charge in [-0.2, -0.15) is 0 Å². The summed E-state index contributed by atoms with van der Waals surface area (Å²) >= 11 is 5.94. The Morgan fingerprint density at radius 1 is 1.77 bits per heavy atom. The van der Waals surface area contributed by atoms with Gasteiger partial charge >= 0.3 is 0 Å². The zero-order chi connectivity index (χ0) is 9.84. The van der Waals surface area contributed by atoms with Crippen molar-refractivity contribution >= 4 is 11.6 Å². The van der Waals surface area contributed by atoms with Crippen molar-refractivity contribution in [3.8, 4) is 0 Å². The molecular formula is C9H12ClN3. The molecule has 0 aliphatic rings. The maximum Gasteiger partial charge on any atom is 0.0851 e. The molecule has 1 heterocycles. The lowest BCUT2D eigenvalue weighted by Crippen LogP contribution is -2.29. The summed E-state index contributed by atoms with van der Waals surface area (Å²) in [6.07, 6.45) is 1.68. The standard InChI is InChI=1S/C9H12ClN3/c1-6(2)8(13-11)9-7(10)4-3-5-12-9/h3-5,8,13H,1,11H2,2H3. The van der Waals surface area contributed by atoms with Gasteiger partial charge in [-0.3, -0.25) is 10.8 Å². The van der Waals surface area contributed by atoms with Crippen molar-refractivity contribution in [2.24, 2.45) is 5.84 Å². The Kier molecular flexibility index (Phi) is 3.42. The molecule has 0 fully saturated rings. The molecule has 0 saturated heterocycles. The van der Waals surface area contributed by atoms with Crippen molar-refractivity contribution in [2.75, 3.05) is 0 Å². The largest absolute Gasteiger partial charge is 0.271 e. The van der Waals surface area contributed by atoms with Crippen molar-refractivity contribution < 1.29 is 0 Å². The normalized spacial score (nSPS) is 12.5. The van der Waals surface area contributed by atoms with Crippen LogP contribution >= 0.6 is 11.6 Å². The minimum absolute atomic E-state index is 0.186. The molecule has 13 heavy (non-hydrogen) atoms. The summed E-state index contributed by atoms with van der Waals surface area (Å²) in [5.74, 6) is 5.37. The summed E-state index contributed by atoms with van der Waals surface area (Å²) in [6, 6.07) is 3.36. The van der Waals surface area contributed by atoms with Crippen molar-refractivity contribution in [2.45, 2.75) is 13.0 Å². The monoisotopic (exact) mass is 197 g/mol. The zero-order valence-electron chi connectivity index (χ0n) is 7.42. The summed E-state index contributed by atoms with van der Waals surface area (Å²) in [6.45, 7) is 5.67. The van der Waals surface area contributed by atoms with Gasteiger partial charge in [0.15, 0.2) is 0 Å². The van der Waals surface area contributed by atoms with Crippen LogP contribution < -0.4 is 11.3 Å². The lowest BCUT2D eigenvalue weighted by molar-refractivity contribution is 0.611. The molecule has 0 amide bonds. The number of nitrogens with zero attached hydrogens (tertiary/aromatic N) is 1. The highest BCUT2D eigenvalue weighted by molar-refractivity contribution is 6.31. The highest BCUT2D eigenvalue weighted by Gasteiger charge is 2.14. The van der Waals surface area contributed by atoms with Crippen molar-refractivity contribution in [3.05, 3.63) is 41.2 Å². The first-order valence-electron chi connectivity index (χ1n) is 3.88. The summed E-state index contributed by atoms with van der Waals surface area (Å²) in [5.41, 5.74) is 4.20. The van der Waals surface area contributed by atoms with Gasteiger partial charge in [-0.25, -0.2) is 5.43 Å². The van der Waals surface area contributed by atoms with Crippen molar-refractivity contribution in [1.29, 1.82) is 0 Å². The average molecular weight is 198 g/mol. The van der Waals surface area contributed by atoms with E-state index in [1.54, 1.807) is 18.3 Å². The first-order chi connectivity index (χ1) is 6.16. The second kappa shape index (κ2) is 4.37. The van der Waals surface area contributed by atoms with Crippen LogP contribution in [0.1, 0.15) is 18.7 Å². The van der Waals surface area contributed by atoms with E-state index in [0.717, 1.165) is 5.57 Å². The van der Waals surface area contributed by atoms with E-state index in [0.29, 0.717) is 10.7 Å². The molecule has 0 aliphatic carbocycles. The smallest absolute Gasteiger partial charge is 0.0851 e. The number of hydrazine groups is 1. The molecule has 0 aliphatic heterocycles. The van der Waals surface area contributed by atoms with E-state index in [1.165, 1.54) is 0 Å². The fourth-order valence-electron chi connectivity index (χ4n) is 1.06. The molecule has 0 saturated carbocycles. The van der Waals surface area contributed by atoms with Crippen LogP contribution in [0.15, 0.2) is 30.5 Å². The molecule has 1 aromatic heterocycles. The second-order valence-electron chi connectivity index (χ2n) is 2.82. The first-order valence-corrected chi connectivity index (χ1v) is 4.26. The van der Waals surface area contributed by atoms with Gasteiger partial charge < -0.3 is 0 Å². The van der Waals surface area contributed by atoms with Crippen molar-refractivity contribution in [1.82, 2.24) is 10.4 Å². The van der Waals surface area contributed by atoms with Crippen LogP contribution in [0.4, 0.5) is 0 Å². The molecule has 1 aromatic rings. The van der Waals surface area contributed by atoms with Gasteiger partial charge in [-0.15, -0.1) is 0 Å². The molecular weight excluding hydrogens is 186 g/mol. The van der Waals surface area contributed by atoms with Gasteiger partial charge in [0.05, 0.1) is 16.8 Å². The Morgan fingerprint density at radius 3 is 2.92 bits per heavy atom. The molecule has 1 rings (SSSR count). The molecule has 3 nitrogen and oxygen atoms in total. The molecule has 0 aromatic carbocycles. The second-order valence-corrected chi connectivity index (χ2v) is 3.22. The molecule has 0 radical (unpaired) electrons. The maximum absolute atomic E-state index is 5.94. The Morgan fingerprint density at radius 2 is 2.46 bits per heavy atom. The average Bonchev–Trinajstić information content (AvgIpc) is 2.09. The maximum atomic E-state index is 5.94. The summed E-state index contributed by atoms with van der Waals surface area (Å²) < 4.78 is 0. The fraction of sp³-hybridized carbons (Fsp3) is 0.222. The highest BCUT2D eigenvalue weighted by Crippen LogP contribution is 2.23. The Labute approximate surface area is 82.6 Å². The Hall–Kier alpha value is -0.900.